The number of benzene rings is 2. The predicted octanol–water partition coefficient (Wildman–Crippen LogP) is 3.43. The Balaban J connectivity index is 2.26. The van der Waals surface area contributed by atoms with E-state index in [-0.39, 0.29) is 11.3 Å². The van der Waals surface area contributed by atoms with Crippen LogP contribution in [-0.2, 0) is 0 Å². The lowest BCUT2D eigenvalue weighted by atomic mass is 10.2. The summed E-state index contributed by atoms with van der Waals surface area (Å²) in [5, 5.41) is 10.7. The molecule has 21 heavy (non-hydrogen) atoms. The molecule has 0 atom stereocenters. The standard InChI is InChI=1S/C14H10INO5/c1-20-12-4-2-3-5-13(12)21-14(17)10-7-6-9(16(18)19)8-11(10)15/h2-8H,1H3. The van der Waals surface area contributed by atoms with Crippen LogP contribution in [0.4, 0.5) is 5.69 Å². The lowest BCUT2D eigenvalue weighted by Crippen LogP contribution is -2.11. The van der Waals surface area contributed by atoms with E-state index in [1.807, 2.05) is 22.6 Å². The van der Waals surface area contributed by atoms with E-state index in [2.05, 4.69) is 0 Å². The van der Waals surface area contributed by atoms with Gasteiger partial charge < -0.3 is 9.47 Å². The molecule has 6 nitrogen and oxygen atoms in total. The summed E-state index contributed by atoms with van der Waals surface area (Å²) in [6.07, 6.45) is 0. The second kappa shape index (κ2) is 6.53. The van der Waals surface area contributed by atoms with Gasteiger partial charge in [0.25, 0.3) is 5.69 Å². The van der Waals surface area contributed by atoms with Crippen molar-refractivity contribution in [3.05, 3.63) is 61.7 Å². The van der Waals surface area contributed by atoms with Crippen molar-refractivity contribution < 1.29 is 19.2 Å². The third-order valence-electron chi connectivity index (χ3n) is 2.66. The van der Waals surface area contributed by atoms with Crippen molar-refractivity contribution in [2.45, 2.75) is 0 Å². The van der Waals surface area contributed by atoms with Gasteiger partial charge in [-0.3, -0.25) is 10.1 Å². The summed E-state index contributed by atoms with van der Waals surface area (Å²) in [5.41, 5.74) is 0.181. The van der Waals surface area contributed by atoms with Crippen molar-refractivity contribution in [3.63, 3.8) is 0 Å². The van der Waals surface area contributed by atoms with E-state index in [1.165, 1.54) is 25.3 Å². The van der Waals surface area contributed by atoms with Gasteiger partial charge in [-0.25, -0.2) is 4.79 Å². The average molecular weight is 399 g/mol. The number of hydrogen-bond acceptors (Lipinski definition) is 5. The summed E-state index contributed by atoms with van der Waals surface area (Å²) in [6.45, 7) is 0. The van der Waals surface area contributed by atoms with Crippen LogP contribution >= 0.6 is 22.6 Å². The number of carbonyl (C=O) groups is 1. The normalized spacial score (nSPS) is 10.0. The summed E-state index contributed by atoms with van der Waals surface area (Å²) < 4.78 is 10.8. The fourth-order valence-corrected chi connectivity index (χ4v) is 2.36. The number of non-ortho nitro benzene ring substituents is 1. The minimum Gasteiger partial charge on any atom is -0.493 e. The zero-order valence-corrected chi connectivity index (χ0v) is 13.1. The summed E-state index contributed by atoms with van der Waals surface area (Å²) in [4.78, 5) is 22.3. The molecule has 0 bridgehead atoms. The molecule has 0 heterocycles. The molecule has 7 heteroatoms. The lowest BCUT2D eigenvalue weighted by Gasteiger charge is -2.09. The van der Waals surface area contributed by atoms with Crippen LogP contribution in [0, 0.1) is 13.7 Å². The molecule has 108 valence electrons. The first-order chi connectivity index (χ1) is 10.0. The molecule has 2 aromatic rings. The van der Waals surface area contributed by atoms with E-state index in [9.17, 15) is 14.9 Å². The molecule has 0 N–H and O–H groups in total. The van der Waals surface area contributed by atoms with Gasteiger partial charge in [0, 0.05) is 15.7 Å². The molecular weight excluding hydrogens is 389 g/mol. The molecule has 0 unspecified atom stereocenters. The van der Waals surface area contributed by atoms with Gasteiger partial charge >= 0.3 is 5.97 Å². The number of ether oxygens (including phenoxy) is 2. The highest BCUT2D eigenvalue weighted by molar-refractivity contribution is 14.1. The van der Waals surface area contributed by atoms with E-state index >= 15 is 0 Å². The Morgan fingerprint density at radius 1 is 1.19 bits per heavy atom. The second-order valence-electron chi connectivity index (χ2n) is 3.96. The first-order valence-electron chi connectivity index (χ1n) is 5.82. The fraction of sp³-hybridized carbons (Fsp3) is 0.0714. The Morgan fingerprint density at radius 3 is 2.43 bits per heavy atom. The zero-order valence-electron chi connectivity index (χ0n) is 10.9. The molecule has 0 aromatic heterocycles. The number of carbonyl (C=O) groups excluding carboxylic acids is 1. The summed E-state index contributed by atoms with van der Waals surface area (Å²) in [5.74, 6) is 0.126. The maximum Gasteiger partial charge on any atom is 0.344 e. The highest BCUT2D eigenvalue weighted by Gasteiger charge is 2.17. The van der Waals surface area contributed by atoms with Crippen LogP contribution in [0.15, 0.2) is 42.5 Å². The molecule has 0 fully saturated rings. The van der Waals surface area contributed by atoms with E-state index in [0.717, 1.165) is 0 Å². The van der Waals surface area contributed by atoms with Crippen LogP contribution in [0.25, 0.3) is 0 Å². The Labute approximate surface area is 134 Å². The van der Waals surface area contributed by atoms with Crippen LogP contribution in [0.2, 0.25) is 0 Å². The largest absolute Gasteiger partial charge is 0.493 e. The summed E-state index contributed by atoms with van der Waals surface area (Å²) in [7, 11) is 1.47. The van der Waals surface area contributed by atoms with Gasteiger partial charge in [0.05, 0.1) is 17.6 Å². The first kappa shape index (κ1) is 15.2. The molecule has 0 aliphatic heterocycles. The van der Waals surface area contributed by atoms with Gasteiger partial charge in [-0.15, -0.1) is 0 Å². The van der Waals surface area contributed by atoms with Crippen LogP contribution in [0.5, 0.6) is 11.5 Å². The Morgan fingerprint density at radius 2 is 1.86 bits per heavy atom. The minimum absolute atomic E-state index is 0.0757. The van der Waals surface area contributed by atoms with Crippen LogP contribution in [0.1, 0.15) is 10.4 Å². The van der Waals surface area contributed by atoms with Gasteiger partial charge in [0.1, 0.15) is 0 Å². The highest BCUT2D eigenvalue weighted by atomic mass is 127. The number of hydrogen-bond donors (Lipinski definition) is 0. The lowest BCUT2D eigenvalue weighted by molar-refractivity contribution is -0.384. The number of para-hydroxylation sites is 2. The van der Waals surface area contributed by atoms with Gasteiger partial charge in [-0.2, -0.15) is 0 Å². The Hall–Kier alpha value is -2.16. The second-order valence-corrected chi connectivity index (χ2v) is 5.12. The molecule has 0 saturated carbocycles. The topological polar surface area (TPSA) is 78.7 Å². The first-order valence-corrected chi connectivity index (χ1v) is 6.90. The van der Waals surface area contributed by atoms with E-state index < -0.39 is 10.9 Å². The fourth-order valence-electron chi connectivity index (χ4n) is 1.64. The molecule has 0 aliphatic carbocycles. The SMILES string of the molecule is COc1ccccc1OC(=O)c1ccc([N+](=O)[O-])cc1I. The van der Waals surface area contributed by atoms with Gasteiger partial charge in [-0.05, 0) is 40.8 Å². The number of halogens is 1. The molecule has 0 spiro atoms. The van der Waals surface area contributed by atoms with Gasteiger partial charge in [0.15, 0.2) is 11.5 Å². The van der Waals surface area contributed by atoms with E-state index in [0.29, 0.717) is 15.1 Å². The van der Waals surface area contributed by atoms with E-state index in [1.54, 1.807) is 24.3 Å². The number of methoxy groups -OCH3 is 1. The quantitative estimate of drug-likeness (QED) is 0.259. The van der Waals surface area contributed by atoms with Gasteiger partial charge in [0.2, 0.25) is 0 Å². The summed E-state index contributed by atoms with van der Waals surface area (Å²) >= 11 is 1.86. The number of nitro benzene ring substituents is 1. The molecule has 2 aromatic carbocycles. The van der Waals surface area contributed by atoms with Crippen molar-refractivity contribution in [1.29, 1.82) is 0 Å². The van der Waals surface area contributed by atoms with Crippen molar-refractivity contribution in [2.75, 3.05) is 7.11 Å². The molecule has 0 aliphatic rings. The van der Waals surface area contributed by atoms with Crippen molar-refractivity contribution >= 4 is 34.2 Å². The Kier molecular flexibility index (Phi) is 4.73. The van der Waals surface area contributed by atoms with Crippen LogP contribution < -0.4 is 9.47 Å². The number of nitro groups is 1. The number of esters is 1. The van der Waals surface area contributed by atoms with Crippen molar-refractivity contribution in [1.82, 2.24) is 0 Å². The van der Waals surface area contributed by atoms with Crippen molar-refractivity contribution in [3.8, 4) is 11.5 Å². The van der Waals surface area contributed by atoms with Crippen LogP contribution in [-0.4, -0.2) is 18.0 Å². The maximum absolute atomic E-state index is 12.1. The maximum atomic E-state index is 12.1. The predicted molar refractivity (Wildman–Crippen MR) is 83.8 cm³/mol. The molecule has 0 radical (unpaired) electrons. The minimum atomic E-state index is -0.598. The number of nitrogens with zero attached hydrogens (tertiary/aromatic N) is 1. The number of rotatable bonds is 4. The van der Waals surface area contributed by atoms with Crippen LogP contribution in [0.3, 0.4) is 0 Å². The average Bonchev–Trinajstić information content (AvgIpc) is 2.47. The summed E-state index contributed by atoms with van der Waals surface area (Å²) in [6, 6.07) is 10.7. The molecule has 0 saturated heterocycles. The molecular formula is C14H10INO5. The van der Waals surface area contributed by atoms with E-state index in [4.69, 9.17) is 9.47 Å². The molecule has 2 rings (SSSR count). The van der Waals surface area contributed by atoms with Crippen molar-refractivity contribution in [2.24, 2.45) is 0 Å². The smallest absolute Gasteiger partial charge is 0.344 e. The molecule has 0 amide bonds. The van der Waals surface area contributed by atoms with Gasteiger partial charge in [-0.1, -0.05) is 12.1 Å². The Bertz CT molecular complexity index is 702. The zero-order chi connectivity index (χ0) is 15.4. The third-order valence-corrected chi connectivity index (χ3v) is 3.55. The highest BCUT2D eigenvalue weighted by Crippen LogP contribution is 2.28. The monoisotopic (exact) mass is 399 g/mol. The third kappa shape index (κ3) is 3.48.